The van der Waals surface area contributed by atoms with E-state index >= 15 is 0 Å². The average Bonchev–Trinajstić information content (AvgIpc) is 3.17. The summed E-state index contributed by atoms with van der Waals surface area (Å²) in [6, 6.07) is 7.68. The molecule has 5 nitrogen and oxygen atoms in total. The molecule has 0 saturated heterocycles. The quantitative estimate of drug-likeness (QED) is 0.812. The summed E-state index contributed by atoms with van der Waals surface area (Å²) in [5.74, 6) is 0.777. The number of hydrogen-bond acceptors (Lipinski definition) is 5. The van der Waals surface area contributed by atoms with Gasteiger partial charge in [-0.25, -0.2) is 0 Å². The second kappa shape index (κ2) is 7.97. The van der Waals surface area contributed by atoms with Crippen LogP contribution in [0.4, 0.5) is 0 Å². The number of carbonyl (C=O) groups is 1. The van der Waals surface area contributed by atoms with Crippen LogP contribution in [0.3, 0.4) is 0 Å². The zero-order chi connectivity index (χ0) is 15.1. The molecule has 2 N–H and O–H groups in total. The number of rotatable bonds is 8. The topological polar surface area (TPSA) is 68.7 Å². The Kier molecular flexibility index (Phi) is 5.98. The molecule has 6 heteroatoms. The third-order valence-corrected chi connectivity index (χ3v) is 4.07. The van der Waals surface area contributed by atoms with E-state index in [1.165, 1.54) is 0 Å². The van der Waals surface area contributed by atoms with E-state index < -0.39 is 0 Å². The van der Waals surface area contributed by atoms with Gasteiger partial charge >= 0.3 is 0 Å². The number of hydrogen-bond donors (Lipinski definition) is 1. The van der Waals surface area contributed by atoms with Crippen LogP contribution in [-0.4, -0.2) is 30.6 Å². The molecule has 0 fully saturated rings. The number of thiophene rings is 1. The van der Waals surface area contributed by atoms with Gasteiger partial charge in [0.1, 0.15) is 5.76 Å². The predicted molar refractivity (Wildman–Crippen MR) is 81.7 cm³/mol. The first-order valence-corrected chi connectivity index (χ1v) is 7.66. The summed E-state index contributed by atoms with van der Waals surface area (Å²) in [6.45, 7) is 1.35. The maximum absolute atomic E-state index is 12.5. The SMILES string of the molecule is COC(CN)CC(=O)N(Cc1ccco1)Cc1cccs1. The fraction of sp³-hybridized carbons (Fsp3) is 0.400. The molecule has 21 heavy (non-hydrogen) atoms. The Balaban J connectivity index is 2.05. The van der Waals surface area contributed by atoms with E-state index in [1.54, 1.807) is 29.6 Å². The molecular formula is C15H20N2O3S. The summed E-state index contributed by atoms with van der Waals surface area (Å²) < 4.78 is 10.5. The van der Waals surface area contributed by atoms with Gasteiger partial charge in [-0.05, 0) is 23.6 Å². The highest BCUT2D eigenvalue weighted by atomic mass is 32.1. The second-order valence-corrected chi connectivity index (χ2v) is 5.74. The van der Waals surface area contributed by atoms with E-state index in [9.17, 15) is 4.79 Å². The van der Waals surface area contributed by atoms with Crippen molar-refractivity contribution in [1.82, 2.24) is 4.90 Å². The van der Waals surface area contributed by atoms with Crippen molar-refractivity contribution in [2.75, 3.05) is 13.7 Å². The number of carbonyl (C=O) groups excluding carboxylic acids is 1. The summed E-state index contributed by atoms with van der Waals surface area (Å²) >= 11 is 1.63. The third kappa shape index (κ3) is 4.70. The largest absolute Gasteiger partial charge is 0.467 e. The Morgan fingerprint density at radius 1 is 1.43 bits per heavy atom. The van der Waals surface area contributed by atoms with Crippen LogP contribution in [-0.2, 0) is 22.6 Å². The first-order valence-electron chi connectivity index (χ1n) is 6.78. The predicted octanol–water partition coefficient (Wildman–Crippen LogP) is 2.23. The van der Waals surface area contributed by atoms with Crippen LogP contribution in [0.5, 0.6) is 0 Å². The summed E-state index contributed by atoms with van der Waals surface area (Å²) in [7, 11) is 1.57. The van der Waals surface area contributed by atoms with E-state index in [0.29, 0.717) is 19.6 Å². The van der Waals surface area contributed by atoms with Crippen LogP contribution < -0.4 is 5.73 Å². The Morgan fingerprint density at radius 3 is 2.86 bits per heavy atom. The molecule has 1 unspecified atom stereocenters. The molecule has 0 aromatic carbocycles. The number of methoxy groups -OCH3 is 1. The molecule has 1 amide bonds. The molecule has 2 aromatic rings. The summed E-state index contributed by atoms with van der Waals surface area (Å²) in [5, 5.41) is 2.00. The fourth-order valence-corrected chi connectivity index (χ4v) is 2.72. The fourth-order valence-electron chi connectivity index (χ4n) is 2.00. The molecule has 0 spiro atoms. The lowest BCUT2D eigenvalue weighted by atomic mass is 10.2. The van der Waals surface area contributed by atoms with E-state index in [2.05, 4.69) is 0 Å². The lowest BCUT2D eigenvalue weighted by Gasteiger charge is -2.23. The first-order chi connectivity index (χ1) is 10.2. The molecule has 0 bridgehead atoms. The Hall–Kier alpha value is -1.63. The zero-order valence-electron chi connectivity index (χ0n) is 12.0. The normalized spacial score (nSPS) is 12.3. The monoisotopic (exact) mass is 308 g/mol. The standard InChI is InChI=1S/C15H20N2O3S/c1-19-13(9-16)8-15(18)17(10-12-4-2-6-20-12)11-14-5-3-7-21-14/h2-7,13H,8-11,16H2,1H3. The summed E-state index contributed by atoms with van der Waals surface area (Å²) in [4.78, 5) is 15.4. The highest BCUT2D eigenvalue weighted by molar-refractivity contribution is 7.09. The van der Waals surface area contributed by atoms with Crippen LogP contribution in [0.1, 0.15) is 17.1 Å². The van der Waals surface area contributed by atoms with Crippen molar-refractivity contribution in [1.29, 1.82) is 0 Å². The second-order valence-electron chi connectivity index (χ2n) is 4.71. The van der Waals surface area contributed by atoms with Crippen molar-refractivity contribution in [3.8, 4) is 0 Å². The molecule has 0 aliphatic rings. The summed E-state index contributed by atoms with van der Waals surface area (Å²) in [6.07, 6.45) is 1.64. The van der Waals surface area contributed by atoms with Crippen LogP contribution in [0, 0.1) is 0 Å². The zero-order valence-corrected chi connectivity index (χ0v) is 12.8. The van der Waals surface area contributed by atoms with Crippen LogP contribution in [0.2, 0.25) is 0 Å². The molecule has 2 rings (SSSR count). The van der Waals surface area contributed by atoms with Gasteiger partial charge in [-0.3, -0.25) is 4.79 Å². The van der Waals surface area contributed by atoms with E-state index in [0.717, 1.165) is 10.6 Å². The van der Waals surface area contributed by atoms with Crippen molar-refractivity contribution in [3.05, 3.63) is 46.5 Å². The molecule has 0 aliphatic heterocycles. The van der Waals surface area contributed by atoms with Crippen LogP contribution in [0.25, 0.3) is 0 Å². The maximum atomic E-state index is 12.5. The van der Waals surface area contributed by atoms with Gasteiger partial charge in [-0.2, -0.15) is 0 Å². The van der Waals surface area contributed by atoms with E-state index in [1.807, 2.05) is 29.6 Å². The van der Waals surface area contributed by atoms with Gasteiger partial charge in [0.15, 0.2) is 0 Å². The average molecular weight is 308 g/mol. The Morgan fingerprint density at radius 2 is 2.29 bits per heavy atom. The lowest BCUT2D eigenvalue weighted by Crippen LogP contribution is -2.35. The van der Waals surface area contributed by atoms with E-state index in [4.69, 9.17) is 14.9 Å². The molecule has 114 valence electrons. The van der Waals surface area contributed by atoms with Gasteiger partial charge in [0, 0.05) is 18.5 Å². The van der Waals surface area contributed by atoms with Crippen molar-refractivity contribution < 1.29 is 13.9 Å². The molecule has 2 aromatic heterocycles. The Bertz CT molecular complexity index is 485. The molecule has 0 aliphatic carbocycles. The van der Waals surface area contributed by atoms with Crippen molar-refractivity contribution >= 4 is 17.2 Å². The number of furan rings is 1. The minimum atomic E-state index is -0.250. The Labute approximate surface area is 128 Å². The minimum Gasteiger partial charge on any atom is -0.467 e. The van der Waals surface area contributed by atoms with Gasteiger partial charge < -0.3 is 19.8 Å². The maximum Gasteiger partial charge on any atom is 0.225 e. The lowest BCUT2D eigenvalue weighted by molar-refractivity contribution is -0.135. The van der Waals surface area contributed by atoms with Gasteiger partial charge in [-0.1, -0.05) is 6.07 Å². The van der Waals surface area contributed by atoms with Crippen molar-refractivity contribution in [2.24, 2.45) is 5.73 Å². The number of nitrogens with zero attached hydrogens (tertiary/aromatic N) is 1. The molecule has 2 heterocycles. The minimum absolute atomic E-state index is 0.0112. The number of ether oxygens (including phenoxy) is 1. The van der Waals surface area contributed by atoms with Gasteiger partial charge in [0.05, 0.1) is 31.9 Å². The number of nitrogens with two attached hydrogens (primary N) is 1. The third-order valence-electron chi connectivity index (χ3n) is 3.20. The van der Waals surface area contributed by atoms with Gasteiger partial charge in [-0.15, -0.1) is 11.3 Å². The molecule has 0 radical (unpaired) electrons. The molecular weight excluding hydrogens is 288 g/mol. The highest BCUT2D eigenvalue weighted by Gasteiger charge is 2.20. The van der Waals surface area contributed by atoms with Crippen LogP contribution in [0.15, 0.2) is 40.3 Å². The van der Waals surface area contributed by atoms with Crippen molar-refractivity contribution in [2.45, 2.75) is 25.6 Å². The number of amides is 1. The molecule has 1 atom stereocenters. The molecule has 0 saturated carbocycles. The highest BCUT2D eigenvalue weighted by Crippen LogP contribution is 2.16. The van der Waals surface area contributed by atoms with Crippen molar-refractivity contribution in [3.63, 3.8) is 0 Å². The smallest absolute Gasteiger partial charge is 0.225 e. The van der Waals surface area contributed by atoms with Gasteiger partial charge in [0.2, 0.25) is 5.91 Å². The summed E-state index contributed by atoms with van der Waals surface area (Å²) in [5.41, 5.74) is 5.59. The first kappa shape index (κ1) is 15.8. The van der Waals surface area contributed by atoms with E-state index in [-0.39, 0.29) is 18.4 Å². The van der Waals surface area contributed by atoms with Crippen LogP contribution >= 0.6 is 11.3 Å². The van der Waals surface area contributed by atoms with Gasteiger partial charge in [0.25, 0.3) is 0 Å².